The molecule has 1 aromatic heterocycles. The van der Waals surface area contributed by atoms with E-state index in [0.29, 0.717) is 13.1 Å². The molecule has 2 aliphatic rings. The lowest BCUT2D eigenvalue weighted by Gasteiger charge is -2.42. The molecule has 2 aromatic rings. The number of aromatic nitrogens is 1. The Morgan fingerprint density at radius 2 is 1.88 bits per heavy atom. The van der Waals surface area contributed by atoms with E-state index in [1.807, 2.05) is 49.4 Å². The van der Waals surface area contributed by atoms with E-state index in [-0.39, 0.29) is 36.9 Å². The van der Waals surface area contributed by atoms with Crippen LogP contribution in [0.5, 0.6) is 0 Å². The number of hydrogen-bond donors (Lipinski definition) is 2. The minimum atomic E-state index is -0.550. The molecule has 2 heterocycles. The van der Waals surface area contributed by atoms with Crippen molar-refractivity contribution in [3.63, 3.8) is 0 Å². The highest BCUT2D eigenvalue weighted by Crippen LogP contribution is 2.52. The molecule has 1 saturated carbocycles. The normalized spacial score (nSPS) is 22.6. The van der Waals surface area contributed by atoms with Crippen molar-refractivity contribution in [2.45, 2.75) is 39.3 Å². The zero-order valence-electron chi connectivity index (χ0n) is 19.7. The lowest BCUT2D eigenvalue weighted by atomic mass is 9.61. The van der Waals surface area contributed by atoms with E-state index in [2.05, 4.69) is 15.6 Å². The first kappa shape index (κ1) is 23.7. The quantitative estimate of drug-likeness (QED) is 0.625. The van der Waals surface area contributed by atoms with Gasteiger partial charge in [0.1, 0.15) is 6.61 Å². The van der Waals surface area contributed by atoms with E-state index in [0.717, 1.165) is 24.0 Å². The first-order chi connectivity index (χ1) is 16.4. The van der Waals surface area contributed by atoms with Crippen molar-refractivity contribution >= 4 is 17.9 Å². The third-order valence-electron chi connectivity index (χ3n) is 7.14. The molecule has 4 atom stereocenters. The molecule has 1 aliphatic carbocycles. The van der Waals surface area contributed by atoms with Gasteiger partial charge >= 0.3 is 6.09 Å². The van der Waals surface area contributed by atoms with Gasteiger partial charge in [0.2, 0.25) is 11.8 Å². The number of ether oxygens (including phenoxy) is 1. The Morgan fingerprint density at radius 1 is 1.15 bits per heavy atom. The Bertz CT molecular complexity index is 1020. The van der Waals surface area contributed by atoms with E-state index < -0.39 is 17.4 Å². The van der Waals surface area contributed by atoms with Crippen LogP contribution in [0.15, 0.2) is 54.9 Å². The number of pyridine rings is 1. The van der Waals surface area contributed by atoms with Gasteiger partial charge in [-0.15, -0.1) is 0 Å². The van der Waals surface area contributed by atoms with Crippen LogP contribution in [0.1, 0.15) is 43.9 Å². The Balaban J connectivity index is 1.26. The molecule has 1 aliphatic heterocycles. The number of likely N-dealkylation sites (tertiary alicyclic amines) is 1. The number of carbonyl (C=O) groups excluding carboxylic acids is 3. The molecular weight excluding hydrogens is 432 g/mol. The van der Waals surface area contributed by atoms with Gasteiger partial charge in [-0.3, -0.25) is 14.6 Å². The molecule has 8 nitrogen and oxygen atoms in total. The van der Waals surface area contributed by atoms with Gasteiger partial charge in [-0.25, -0.2) is 4.79 Å². The fourth-order valence-corrected chi connectivity index (χ4v) is 4.87. The largest absolute Gasteiger partial charge is 0.445 e. The molecule has 34 heavy (non-hydrogen) atoms. The SMILES string of the molecule is CC(CNC(=O)OCc1ccccc1)C(=O)N1C[C@H]2CC[C@]2(C(=O)NC(C)c2ccncc2)C1. The maximum Gasteiger partial charge on any atom is 0.407 e. The van der Waals surface area contributed by atoms with Crippen LogP contribution in [0.3, 0.4) is 0 Å². The first-order valence-corrected chi connectivity index (χ1v) is 11.8. The Labute approximate surface area is 200 Å². The Kier molecular flexibility index (Phi) is 7.14. The number of nitrogens with zero attached hydrogens (tertiary/aromatic N) is 2. The smallest absolute Gasteiger partial charge is 0.407 e. The van der Waals surface area contributed by atoms with Crippen molar-refractivity contribution < 1.29 is 19.1 Å². The van der Waals surface area contributed by atoms with Crippen LogP contribution in [-0.4, -0.2) is 47.4 Å². The second kappa shape index (κ2) is 10.2. The monoisotopic (exact) mass is 464 g/mol. The third-order valence-corrected chi connectivity index (χ3v) is 7.14. The highest BCUT2D eigenvalue weighted by atomic mass is 16.5. The fraction of sp³-hybridized carbons (Fsp3) is 0.462. The molecule has 8 heteroatoms. The predicted molar refractivity (Wildman–Crippen MR) is 126 cm³/mol. The highest BCUT2D eigenvalue weighted by molar-refractivity contribution is 5.87. The lowest BCUT2D eigenvalue weighted by Crippen LogP contribution is -2.52. The molecule has 180 valence electrons. The first-order valence-electron chi connectivity index (χ1n) is 11.8. The third kappa shape index (κ3) is 5.05. The van der Waals surface area contributed by atoms with Gasteiger partial charge in [0, 0.05) is 32.0 Å². The summed E-state index contributed by atoms with van der Waals surface area (Å²) in [6.45, 7) is 5.12. The summed E-state index contributed by atoms with van der Waals surface area (Å²) < 4.78 is 5.22. The van der Waals surface area contributed by atoms with Crippen molar-refractivity contribution in [3.8, 4) is 0 Å². The molecule has 0 bridgehead atoms. The lowest BCUT2D eigenvalue weighted by molar-refractivity contribution is -0.139. The topological polar surface area (TPSA) is 101 Å². The van der Waals surface area contributed by atoms with E-state index in [1.165, 1.54) is 0 Å². The van der Waals surface area contributed by atoms with Crippen molar-refractivity contribution in [2.75, 3.05) is 19.6 Å². The van der Waals surface area contributed by atoms with Gasteiger partial charge in [0.05, 0.1) is 17.4 Å². The molecule has 1 aromatic carbocycles. The van der Waals surface area contributed by atoms with Gasteiger partial charge in [-0.2, -0.15) is 0 Å². The second-order valence-corrected chi connectivity index (χ2v) is 9.43. The molecular formula is C26H32N4O4. The number of rotatable bonds is 8. The summed E-state index contributed by atoms with van der Waals surface area (Å²) in [5.41, 5.74) is 1.38. The van der Waals surface area contributed by atoms with Gasteiger partial charge in [-0.1, -0.05) is 37.3 Å². The van der Waals surface area contributed by atoms with Crippen molar-refractivity contribution in [3.05, 3.63) is 66.0 Å². The zero-order valence-corrected chi connectivity index (χ0v) is 19.7. The van der Waals surface area contributed by atoms with Crippen LogP contribution in [0, 0.1) is 17.3 Å². The molecule has 0 spiro atoms. The maximum atomic E-state index is 13.2. The number of amides is 3. The van der Waals surface area contributed by atoms with Gasteiger partial charge in [0.25, 0.3) is 0 Å². The second-order valence-electron chi connectivity index (χ2n) is 9.43. The minimum Gasteiger partial charge on any atom is -0.445 e. The Hall–Kier alpha value is -3.42. The molecule has 2 fully saturated rings. The van der Waals surface area contributed by atoms with Gasteiger partial charge in [-0.05, 0) is 48.9 Å². The van der Waals surface area contributed by atoms with Crippen molar-refractivity contribution in [2.24, 2.45) is 17.3 Å². The number of fused-ring (bicyclic) bond motifs is 1. The van der Waals surface area contributed by atoms with Gasteiger partial charge in [0.15, 0.2) is 0 Å². The maximum absolute atomic E-state index is 13.2. The summed E-state index contributed by atoms with van der Waals surface area (Å²) in [4.78, 5) is 44.1. The summed E-state index contributed by atoms with van der Waals surface area (Å²) in [6.07, 6.45) is 4.61. The molecule has 0 radical (unpaired) electrons. The summed E-state index contributed by atoms with van der Waals surface area (Å²) in [5, 5.41) is 5.82. The number of nitrogens with one attached hydrogen (secondary N) is 2. The summed E-state index contributed by atoms with van der Waals surface area (Å²) >= 11 is 0. The molecule has 1 saturated heterocycles. The molecule has 2 N–H and O–H groups in total. The zero-order chi connectivity index (χ0) is 24.1. The standard InChI is InChI=1S/C26H32N4O4/c1-18(14-28-25(33)34-16-20-6-4-3-5-7-20)23(31)30-15-22-8-11-26(22,17-30)24(32)29-19(2)21-9-12-27-13-10-21/h3-7,9-10,12-13,18-19,22H,8,11,14-17H2,1-2H3,(H,28,33)(H,29,32)/t18?,19?,22-,26+/m1/s1. The Morgan fingerprint density at radius 3 is 2.56 bits per heavy atom. The highest BCUT2D eigenvalue weighted by Gasteiger charge is 2.59. The average molecular weight is 465 g/mol. The van der Waals surface area contributed by atoms with Crippen molar-refractivity contribution in [1.82, 2.24) is 20.5 Å². The van der Waals surface area contributed by atoms with Crippen LogP contribution >= 0.6 is 0 Å². The van der Waals surface area contributed by atoms with E-state index in [1.54, 1.807) is 24.2 Å². The number of carbonyl (C=O) groups is 3. The summed E-state index contributed by atoms with van der Waals surface area (Å²) in [7, 11) is 0. The number of benzene rings is 1. The van der Waals surface area contributed by atoms with Crippen LogP contribution in [0.4, 0.5) is 4.79 Å². The van der Waals surface area contributed by atoms with E-state index in [9.17, 15) is 14.4 Å². The van der Waals surface area contributed by atoms with E-state index >= 15 is 0 Å². The fourth-order valence-electron chi connectivity index (χ4n) is 4.87. The van der Waals surface area contributed by atoms with Crippen molar-refractivity contribution in [1.29, 1.82) is 0 Å². The predicted octanol–water partition coefficient (Wildman–Crippen LogP) is 3.06. The number of alkyl carbamates (subject to hydrolysis) is 1. The summed E-state index contributed by atoms with van der Waals surface area (Å²) in [5.74, 6) is -0.263. The average Bonchev–Trinajstić information content (AvgIpc) is 3.12. The van der Waals surface area contributed by atoms with Crippen LogP contribution < -0.4 is 10.6 Å². The molecule has 2 unspecified atom stereocenters. The summed E-state index contributed by atoms with van der Waals surface area (Å²) in [6, 6.07) is 13.1. The molecule has 3 amide bonds. The minimum absolute atomic E-state index is 0.0126. The van der Waals surface area contributed by atoms with Crippen LogP contribution in [0.2, 0.25) is 0 Å². The molecule has 4 rings (SSSR count). The van der Waals surface area contributed by atoms with Crippen LogP contribution in [-0.2, 0) is 20.9 Å². The van der Waals surface area contributed by atoms with Gasteiger partial charge < -0.3 is 20.3 Å². The van der Waals surface area contributed by atoms with E-state index in [4.69, 9.17) is 4.74 Å². The number of hydrogen-bond acceptors (Lipinski definition) is 5. The van der Waals surface area contributed by atoms with Crippen LogP contribution in [0.25, 0.3) is 0 Å².